The summed E-state index contributed by atoms with van der Waals surface area (Å²) >= 11 is 0. The fourth-order valence-electron chi connectivity index (χ4n) is 10.3. The summed E-state index contributed by atoms with van der Waals surface area (Å²) in [7, 11) is 0. The minimum Gasteiger partial charge on any atom is -0.504 e. The maximum atomic E-state index is 15.6. The molecule has 4 aromatic rings. The number of carbonyl (C=O) groups excluding carboxylic acids is 2. The second kappa shape index (κ2) is 18.2. The number of fused-ring (bicyclic) bond motifs is 3. The molecule has 2 bridgehead atoms. The molecule has 0 aliphatic carbocycles. The molecule has 15 nitrogen and oxygen atoms in total. The maximum absolute atomic E-state index is 15.6. The largest absolute Gasteiger partial charge is 0.504 e. The second-order valence-corrected chi connectivity index (χ2v) is 17.7. The standard InChI is InChI=1S/C47H58F2N10O5/c1-2-54(26-44-63-27-35(28-64-44)57-18-14-30-20-31(9-11-40(30)57)58-19-15-43(60)53-47(58)62)23-29-12-16-55(17-13-29)41-21-32(8-10-37(41)48)59-33-6-7-34(59)25-56(24-33)42(46(51)52)22-39(50)36-4-3-5-38(49)45(36)61/h3-5,8-11,14,18,20-22,29,33-35,44,61H,2,6-7,12-13,15-17,19,23-28,50-52H2,1H3,(H,53,60,62)/b39-22-. The summed E-state index contributed by atoms with van der Waals surface area (Å²) in [5.41, 5.74) is 22.9. The highest BCUT2D eigenvalue weighted by molar-refractivity contribution is 6.06. The van der Waals surface area contributed by atoms with Crippen LogP contribution in [0.3, 0.4) is 0 Å². The van der Waals surface area contributed by atoms with Gasteiger partial charge in [-0.3, -0.25) is 19.9 Å². The lowest BCUT2D eigenvalue weighted by Crippen LogP contribution is -2.54. The number of phenolic OH excluding ortho intramolecular Hbond substituents is 1. The van der Waals surface area contributed by atoms with E-state index in [1.54, 1.807) is 23.1 Å². The summed E-state index contributed by atoms with van der Waals surface area (Å²) in [6.45, 7) is 8.74. The Morgan fingerprint density at radius 1 is 0.875 bits per heavy atom. The number of nitrogens with two attached hydrogens (primary N) is 3. The Kier molecular flexibility index (Phi) is 12.3. The Labute approximate surface area is 371 Å². The number of aromatic hydroxyl groups is 1. The highest BCUT2D eigenvalue weighted by atomic mass is 19.1. The van der Waals surface area contributed by atoms with Crippen molar-refractivity contribution in [2.45, 2.75) is 63.4 Å². The zero-order chi connectivity index (χ0) is 44.6. The number of hydrogen-bond acceptors (Lipinski definition) is 12. The van der Waals surface area contributed by atoms with Gasteiger partial charge in [0.15, 0.2) is 17.9 Å². The highest BCUT2D eigenvalue weighted by Gasteiger charge is 2.41. The third kappa shape index (κ3) is 8.75. The van der Waals surface area contributed by atoms with E-state index in [1.165, 1.54) is 12.1 Å². The fourth-order valence-corrected chi connectivity index (χ4v) is 10.3. The summed E-state index contributed by atoms with van der Waals surface area (Å²) in [6, 6.07) is 17.4. The maximum Gasteiger partial charge on any atom is 0.328 e. The van der Waals surface area contributed by atoms with Crippen LogP contribution in [0.4, 0.5) is 30.6 Å². The van der Waals surface area contributed by atoms with Crippen LogP contribution in [0.5, 0.6) is 5.75 Å². The summed E-state index contributed by atoms with van der Waals surface area (Å²) < 4.78 is 44.4. The zero-order valence-electron chi connectivity index (χ0n) is 36.2. The molecule has 64 heavy (non-hydrogen) atoms. The number of likely N-dealkylation sites (tertiary alicyclic amines) is 1. The summed E-state index contributed by atoms with van der Waals surface area (Å²) in [5.74, 6) is -1.23. The first kappa shape index (κ1) is 43.2. The van der Waals surface area contributed by atoms with Gasteiger partial charge in [0.2, 0.25) is 5.91 Å². The van der Waals surface area contributed by atoms with E-state index in [-0.39, 0.29) is 59.6 Å². The number of imide groups is 1. The lowest BCUT2D eigenvalue weighted by Gasteiger charge is -2.44. The molecule has 5 saturated heterocycles. The summed E-state index contributed by atoms with van der Waals surface area (Å²) in [4.78, 5) is 34.7. The van der Waals surface area contributed by atoms with Gasteiger partial charge >= 0.3 is 6.03 Å². The van der Waals surface area contributed by atoms with Crippen LogP contribution in [-0.2, 0) is 14.3 Å². The first-order valence-corrected chi connectivity index (χ1v) is 22.4. The number of hydrogen-bond donors (Lipinski definition) is 5. The Bertz CT molecular complexity index is 2430. The van der Waals surface area contributed by atoms with Crippen molar-refractivity contribution in [1.82, 2.24) is 19.7 Å². The number of piperidine rings is 1. The zero-order valence-corrected chi connectivity index (χ0v) is 36.2. The first-order chi connectivity index (χ1) is 30.9. The molecule has 3 amide bonds. The molecule has 340 valence electrons. The van der Waals surface area contributed by atoms with Gasteiger partial charge in [0, 0.05) is 104 Å². The quantitative estimate of drug-likeness (QED) is 0.121. The number of aromatic nitrogens is 1. The molecule has 1 aromatic heterocycles. The van der Waals surface area contributed by atoms with Gasteiger partial charge in [0.25, 0.3) is 0 Å². The van der Waals surface area contributed by atoms with Crippen molar-refractivity contribution in [2.24, 2.45) is 23.1 Å². The predicted molar refractivity (Wildman–Crippen MR) is 242 cm³/mol. The summed E-state index contributed by atoms with van der Waals surface area (Å²) in [5, 5.41) is 13.7. The van der Waals surface area contributed by atoms with Gasteiger partial charge in [-0.2, -0.15) is 0 Å². The molecule has 9 rings (SSSR count). The number of piperazine rings is 1. The Morgan fingerprint density at radius 2 is 1.61 bits per heavy atom. The smallest absolute Gasteiger partial charge is 0.328 e. The van der Waals surface area contributed by atoms with E-state index in [1.807, 2.05) is 42.6 Å². The van der Waals surface area contributed by atoms with Crippen LogP contribution in [0.25, 0.3) is 16.6 Å². The number of carbonyl (C=O) groups is 2. The van der Waals surface area contributed by atoms with Crippen LogP contribution in [0, 0.1) is 17.6 Å². The van der Waals surface area contributed by atoms with Crippen molar-refractivity contribution in [3.63, 3.8) is 0 Å². The lowest BCUT2D eigenvalue weighted by molar-refractivity contribution is -0.203. The van der Waals surface area contributed by atoms with Crippen LogP contribution in [0.15, 0.2) is 84.5 Å². The van der Waals surface area contributed by atoms with E-state index < -0.39 is 17.6 Å². The van der Waals surface area contributed by atoms with Crippen molar-refractivity contribution in [2.75, 3.05) is 80.3 Å². The topological polar surface area (TPSA) is 184 Å². The van der Waals surface area contributed by atoms with Crippen LogP contribution >= 0.6 is 0 Å². The number of nitrogens with zero attached hydrogens (tertiary/aromatic N) is 6. The molecule has 5 aliphatic rings. The van der Waals surface area contributed by atoms with E-state index in [2.05, 4.69) is 36.4 Å². The third-order valence-corrected chi connectivity index (χ3v) is 13.7. The first-order valence-electron chi connectivity index (χ1n) is 22.4. The van der Waals surface area contributed by atoms with E-state index in [0.29, 0.717) is 56.7 Å². The molecule has 17 heteroatoms. The van der Waals surface area contributed by atoms with E-state index in [4.69, 9.17) is 26.7 Å². The normalized spacial score (nSPS) is 23.3. The van der Waals surface area contributed by atoms with Gasteiger partial charge in [-0.05, 0) is 98.8 Å². The third-order valence-electron chi connectivity index (χ3n) is 13.7. The molecule has 3 aromatic carbocycles. The number of nitrogens with one attached hydrogen (secondary N) is 1. The molecular weight excluding hydrogens is 823 g/mol. The monoisotopic (exact) mass is 880 g/mol. The molecule has 2 atom stereocenters. The molecule has 5 fully saturated rings. The van der Waals surface area contributed by atoms with Gasteiger partial charge < -0.3 is 51.0 Å². The van der Waals surface area contributed by atoms with Crippen molar-refractivity contribution in [3.05, 3.63) is 102 Å². The Balaban J connectivity index is 0.768. The number of anilines is 3. The molecule has 8 N–H and O–H groups in total. The number of likely N-dealkylation sites (N-methyl/N-ethyl adjacent to an activating group) is 1. The van der Waals surface area contributed by atoms with Crippen molar-refractivity contribution in [1.29, 1.82) is 0 Å². The molecule has 0 radical (unpaired) electrons. The molecule has 0 saturated carbocycles. The highest BCUT2D eigenvalue weighted by Crippen LogP contribution is 2.40. The van der Waals surface area contributed by atoms with Crippen molar-refractivity contribution >= 4 is 45.6 Å². The van der Waals surface area contributed by atoms with Gasteiger partial charge in [0.1, 0.15) is 11.6 Å². The van der Waals surface area contributed by atoms with E-state index in [9.17, 15) is 19.1 Å². The molecular formula is C47H58F2N10O5. The molecule has 2 unspecified atom stereocenters. The average Bonchev–Trinajstić information content (AvgIpc) is 3.83. The van der Waals surface area contributed by atoms with E-state index >= 15 is 4.39 Å². The molecule has 0 spiro atoms. The van der Waals surface area contributed by atoms with Crippen molar-refractivity contribution in [3.8, 4) is 5.75 Å². The number of amides is 3. The number of rotatable bonds is 12. The number of ether oxygens (including phenoxy) is 2. The number of phenols is 1. The number of para-hydroxylation sites is 1. The number of allylic oxidation sites excluding steroid dienone is 1. The fraction of sp³-hybridized carbons (Fsp3) is 0.447. The van der Waals surface area contributed by atoms with Gasteiger partial charge in [-0.25, -0.2) is 13.6 Å². The minimum atomic E-state index is -0.764. The minimum absolute atomic E-state index is 0.00704. The summed E-state index contributed by atoms with van der Waals surface area (Å²) in [6.07, 6.45) is 7.36. The average molecular weight is 881 g/mol. The van der Waals surface area contributed by atoms with Gasteiger partial charge in [-0.15, -0.1) is 0 Å². The van der Waals surface area contributed by atoms with Crippen molar-refractivity contribution < 1.29 is 33.0 Å². The predicted octanol–water partition coefficient (Wildman–Crippen LogP) is 4.96. The molecule has 5 aliphatic heterocycles. The lowest BCUT2D eigenvalue weighted by atomic mass is 9.95. The van der Waals surface area contributed by atoms with Gasteiger partial charge in [-0.1, -0.05) is 13.0 Å². The Morgan fingerprint density at radius 3 is 2.31 bits per heavy atom. The SMILES string of the molecule is CCN(CC1CCN(c2cc(N3C4CCC3CN(C(/C=C(\N)c3cccc(F)c3O)=C(N)N)C4)ccc2F)CC1)CC1OCC(n2ccc3cc(N4CCC(=O)NC4=O)ccc32)CO1. The van der Waals surface area contributed by atoms with Crippen LogP contribution in [-0.4, -0.2) is 115 Å². The van der Waals surface area contributed by atoms with Crippen LogP contribution < -0.4 is 37.2 Å². The molecule has 6 heterocycles. The van der Waals surface area contributed by atoms with Crippen LogP contribution in [0.2, 0.25) is 0 Å². The second-order valence-electron chi connectivity index (χ2n) is 17.7. The number of urea groups is 1. The number of benzene rings is 3. The van der Waals surface area contributed by atoms with Gasteiger partial charge in [0.05, 0.1) is 30.6 Å². The number of halogens is 2. The Hall–Kier alpha value is -6.04. The van der Waals surface area contributed by atoms with E-state index in [0.717, 1.165) is 74.1 Å². The van der Waals surface area contributed by atoms with Crippen LogP contribution in [0.1, 0.15) is 50.6 Å².